The maximum absolute atomic E-state index is 12.6. The number of H-pyrrole nitrogens is 1. The number of carbonyl (C=O) groups is 1. The number of halogens is 1. The van der Waals surface area contributed by atoms with Crippen LogP contribution in [0.15, 0.2) is 72.9 Å². The van der Waals surface area contributed by atoms with Crippen molar-refractivity contribution < 1.29 is 14.3 Å². The number of benzene rings is 3. The summed E-state index contributed by atoms with van der Waals surface area (Å²) >= 11 is 6.04. The SMILES string of the molecule is COc1cc(/C=C(/C#N)c2cccc(Cl)c2)ccc1OC(=O)Cc1c[nH]c2ccccc12. The average molecular weight is 443 g/mol. The Morgan fingerprint density at radius 2 is 1.94 bits per heavy atom. The van der Waals surface area contributed by atoms with Crippen molar-refractivity contribution >= 4 is 40.1 Å². The van der Waals surface area contributed by atoms with Gasteiger partial charge in [0.2, 0.25) is 0 Å². The molecule has 0 radical (unpaired) electrons. The fourth-order valence-corrected chi connectivity index (χ4v) is 3.64. The van der Waals surface area contributed by atoms with Crippen LogP contribution in [-0.2, 0) is 11.2 Å². The van der Waals surface area contributed by atoms with E-state index >= 15 is 0 Å². The number of aromatic amines is 1. The van der Waals surface area contributed by atoms with Gasteiger partial charge in [-0.25, -0.2) is 0 Å². The van der Waals surface area contributed by atoms with E-state index in [1.807, 2.05) is 36.5 Å². The van der Waals surface area contributed by atoms with Crippen LogP contribution in [0, 0.1) is 11.3 Å². The van der Waals surface area contributed by atoms with Gasteiger partial charge in [-0.05, 0) is 53.1 Å². The summed E-state index contributed by atoms with van der Waals surface area (Å²) < 4.78 is 11.0. The molecule has 6 heteroatoms. The zero-order chi connectivity index (χ0) is 22.5. The van der Waals surface area contributed by atoms with Crippen LogP contribution >= 0.6 is 11.6 Å². The maximum Gasteiger partial charge on any atom is 0.315 e. The fourth-order valence-electron chi connectivity index (χ4n) is 3.45. The molecule has 4 aromatic rings. The van der Waals surface area contributed by atoms with Crippen LogP contribution in [0.5, 0.6) is 11.5 Å². The van der Waals surface area contributed by atoms with Crippen molar-refractivity contribution in [3.63, 3.8) is 0 Å². The molecule has 0 saturated carbocycles. The Bertz CT molecular complexity index is 1370. The highest BCUT2D eigenvalue weighted by Gasteiger charge is 2.14. The lowest BCUT2D eigenvalue weighted by Crippen LogP contribution is -2.11. The Morgan fingerprint density at radius 3 is 2.72 bits per heavy atom. The molecule has 0 bridgehead atoms. The summed E-state index contributed by atoms with van der Waals surface area (Å²) in [5.41, 5.74) is 3.74. The van der Waals surface area contributed by atoms with E-state index in [4.69, 9.17) is 21.1 Å². The fraction of sp³-hybridized carbons (Fsp3) is 0.0769. The first-order chi connectivity index (χ1) is 15.6. The van der Waals surface area contributed by atoms with E-state index in [9.17, 15) is 10.1 Å². The van der Waals surface area contributed by atoms with Gasteiger partial charge in [0.25, 0.3) is 0 Å². The van der Waals surface area contributed by atoms with Crippen LogP contribution in [-0.4, -0.2) is 18.1 Å². The molecule has 1 heterocycles. The zero-order valence-electron chi connectivity index (χ0n) is 17.3. The summed E-state index contributed by atoms with van der Waals surface area (Å²) in [6, 6.07) is 22.2. The summed E-state index contributed by atoms with van der Waals surface area (Å²) in [7, 11) is 1.50. The van der Waals surface area contributed by atoms with Gasteiger partial charge in [-0.15, -0.1) is 0 Å². The van der Waals surface area contributed by atoms with Gasteiger partial charge < -0.3 is 14.5 Å². The van der Waals surface area contributed by atoms with Crippen molar-refractivity contribution in [2.24, 2.45) is 0 Å². The second-order valence-electron chi connectivity index (χ2n) is 7.10. The van der Waals surface area contributed by atoms with Crippen LogP contribution in [0.2, 0.25) is 5.02 Å². The topological polar surface area (TPSA) is 75.1 Å². The molecule has 32 heavy (non-hydrogen) atoms. The summed E-state index contributed by atoms with van der Waals surface area (Å²) in [6.07, 6.45) is 3.67. The smallest absolute Gasteiger partial charge is 0.315 e. The lowest BCUT2D eigenvalue weighted by Gasteiger charge is -2.10. The molecule has 5 nitrogen and oxygen atoms in total. The van der Waals surface area contributed by atoms with Gasteiger partial charge in [-0.2, -0.15) is 5.26 Å². The number of allylic oxidation sites excluding steroid dienone is 1. The third kappa shape index (κ3) is 4.66. The van der Waals surface area contributed by atoms with Gasteiger partial charge in [0.15, 0.2) is 11.5 Å². The molecule has 0 saturated heterocycles. The highest BCUT2D eigenvalue weighted by Crippen LogP contribution is 2.31. The number of esters is 1. The molecule has 0 aliphatic rings. The molecule has 0 aliphatic carbocycles. The van der Waals surface area contributed by atoms with E-state index in [1.54, 1.807) is 42.5 Å². The molecule has 0 amide bonds. The number of hydrogen-bond donors (Lipinski definition) is 1. The van der Waals surface area contributed by atoms with E-state index < -0.39 is 5.97 Å². The quantitative estimate of drug-likeness (QED) is 0.171. The van der Waals surface area contributed by atoms with Crippen molar-refractivity contribution in [1.82, 2.24) is 4.98 Å². The average Bonchev–Trinajstić information content (AvgIpc) is 3.21. The number of fused-ring (bicyclic) bond motifs is 1. The van der Waals surface area contributed by atoms with Gasteiger partial charge in [-0.3, -0.25) is 4.79 Å². The molecule has 1 N–H and O–H groups in total. The minimum Gasteiger partial charge on any atom is -0.493 e. The van der Waals surface area contributed by atoms with Gasteiger partial charge in [-0.1, -0.05) is 48.0 Å². The lowest BCUT2D eigenvalue weighted by atomic mass is 10.0. The molecule has 0 atom stereocenters. The van der Waals surface area contributed by atoms with Crippen LogP contribution < -0.4 is 9.47 Å². The molecule has 3 aromatic carbocycles. The molecule has 0 unspecified atom stereocenters. The number of hydrogen-bond acceptors (Lipinski definition) is 4. The first kappa shape index (κ1) is 21.2. The third-order valence-corrected chi connectivity index (χ3v) is 5.22. The van der Waals surface area contributed by atoms with Crippen molar-refractivity contribution in [1.29, 1.82) is 5.26 Å². The van der Waals surface area contributed by atoms with Crippen LogP contribution in [0.25, 0.3) is 22.6 Å². The molecular formula is C26H19ClN2O3. The summed E-state index contributed by atoms with van der Waals surface area (Å²) in [5, 5.41) is 11.1. The predicted molar refractivity (Wildman–Crippen MR) is 126 cm³/mol. The summed E-state index contributed by atoms with van der Waals surface area (Å²) in [6.45, 7) is 0. The number of nitrogens with zero attached hydrogens (tertiary/aromatic N) is 1. The largest absolute Gasteiger partial charge is 0.493 e. The van der Waals surface area contributed by atoms with E-state index in [0.29, 0.717) is 27.7 Å². The molecule has 1 aromatic heterocycles. The van der Waals surface area contributed by atoms with E-state index in [-0.39, 0.29) is 6.42 Å². The van der Waals surface area contributed by atoms with E-state index in [1.165, 1.54) is 7.11 Å². The number of methoxy groups -OCH3 is 1. The monoisotopic (exact) mass is 442 g/mol. The normalized spacial score (nSPS) is 11.2. The van der Waals surface area contributed by atoms with E-state index in [0.717, 1.165) is 22.0 Å². The lowest BCUT2D eigenvalue weighted by molar-refractivity contribution is -0.133. The number of nitrogens with one attached hydrogen (secondary N) is 1. The zero-order valence-corrected chi connectivity index (χ0v) is 18.0. The second-order valence-corrected chi connectivity index (χ2v) is 7.54. The first-order valence-electron chi connectivity index (χ1n) is 9.89. The van der Waals surface area contributed by atoms with Crippen molar-refractivity contribution in [3.8, 4) is 17.6 Å². The number of rotatable bonds is 6. The Labute approximate surface area is 190 Å². The third-order valence-electron chi connectivity index (χ3n) is 4.99. The summed E-state index contributed by atoms with van der Waals surface area (Å²) in [4.78, 5) is 15.7. The Balaban J connectivity index is 1.54. The second kappa shape index (κ2) is 9.42. The summed E-state index contributed by atoms with van der Waals surface area (Å²) in [5.74, 6) is 0.318. The highest BCUT2D eigenvalue weighted by molar-refractivity contribution is 6.30. The number of nitriles is 1. The van der Waals surface area contributed by atoms with Crippen LogP contribution in [0.3, 0.4) is 0 Å². The van der Waals surface area contributed by atoms with E-state index in [2.05, 4.69) is 11.1 Å². The van der Waals surface area contributed by atoms with Gasteiger partial charge in [0.05, 0.1) is 25.2 Å². The van der Waals surface area contributed by atoms with Crippen molar-refractivity contribution in [2.45, 2.75) is 6.42 Å². The Hall–Kier alpha value is -4.01. The first-order valence-corrected chi connectivity index (χ1v) is 10.3. The standard InChI is InChI=1S/C26H19ClN2O3/c1-31-25-12-17(11-19(15-28)18-5-4-6-21(27)13-18)9-10-24(25)32-26(30)14-20-16-29-23-8-3-2-7-22(20)23/h2-13,16,29H,14H2,1H3/b19-11-. The van der Waals surface area contributed by atoms with Crippen LogP contribution in [0.4, 0.5) is 0 Å². The van der Waals surface area contributed by atoms with Crippen molar-refractivity contribution in [2.75, 3.05) is 7.11 Å². The van der Waals surface area contributed by atoms with Crippen LogP contribution in [0.1, 0.15) is 16.7 Å². The predicted octanol–water partition coefficient (Wildman–Crippen LogP) is 6.04. The minimum atomic E-state index is -0.395. The Morgan fingerprint density at radius 1 is 1.09 bits per heavy atom. The molecule has 158 valence electrons. The maximum atomic E-state index is 12.6. The number of ether oxygens (including phenoxy) is 2. The molecule has 4 rings (SSSR count). The van der Waals surface area contributed by atoms with Gasteiger partial charge >= 0.3 is 5.97 Å². The molecular weight excluding hydrogens is 424 g/mol. The minimum absolute atomic E-state index is 0.127. The Kier molecular flexibility index (Phi) is 6.25. The highest BCUT2D eigenvalue weighted by atomic mass is 35.5. The number of para-hydroxylation sites is 1. The molecule has 0 spiro atoms. The number of carbonyl (C=O) groups excluding carboxylic acids is 1. The van der Waals surface area contributed by atoms with Gasteiger partial charge in [0, 0.05) is 22.1 Å². The van der Waals surface area contributed by atoms with Crippen molar-refractivity contribution in [3.05, 3.63) is 94.6 Å². The molecule has 0 aliphatic heterocycles. The molecule has 0 fully saturated rings. The van der Waals surface area contributed by atoms with Gasteiger partial charge in [0.1, 0.15) is 0 Å². The number of aromatic nitrogens is 1.